The molecule has 0 radical (unpaired) electrons. The van der Waals surface area contributed by atoms with Crippen LogP contribution in [0.25, 0.3) is 0 Å². The SMILES string of the molecule is CCCNCCN(C)Cc1cc(C)c(F)cc1F. The van der Waals surface area contributed by atoms with Gasteiger partial charge in [0.25, 0.3) is 0 Å². The van der Waals surface area contributed by atoms with Gasteiger partial charge in [-0.1, -0.05) is 6.92 Å². The molecule has 0 unspecified atom stereocenters. The maximum atomic E-state index is 13.6. The van der Waals surface area contributed by atoms with E-state index in [1.54, 1.807) is 13.0 Å². The fourth-order valence-electron chi connectivity index (χ4n) is 1.78. The third kappa shape index (κ3) is 4.70. The number of aryl methyl sites for hydroxylation is 1. The van der Waals surface area contributed by atoms with E-state index in [0.717, 1.165) is 32.1 Å². The molecule has 0 saturated heterocycles. The second-order valence-corrected chi connectivity index (χ2v) is 4.68. The Bertz CT molecular complexity index is 380. The molecule has 0 amide bonds. The van der Waals surface area contributed by atoms with E-state index in [1.165, 1.54) is 0 Å². The molecule has 1 aromatic rings. The summed E-state index contributed by atoms with van der Waals surface area (Å²) in [5.41, 5.74) is 1.04. The zero-order valence-electron chi connectivity index (χ0n) is 11.4. The van der Waals surface area contributed by atoms with Gasteiger partial charge < -0.3 is 10.2 Å². The van der Waals surface area contributed by atoms with Gasteiger partial charge in [0.15, 0.2) is 0 Å². The van der Waals surface area contributed by atoms with Crippen molar-refractivity contribution in [1.29, 1.82) is 0 Å². The average molecular weight is 256 g/mol. The maximum Gasteiger partial charge on any atom is 0.130 e. The van der Waals surface area contributed by atoms with E-state index >= 15 is 0 Å². The summed E-state index contributed by atoms with van der Waals surface area (Å²) in [6.07, 6.45) is 1.11. The summed E-state index contributed by atoms with van der Waals surface area (Å²) in [5, 5.41) is 3.29. The van der Waals surface area contributed by atoms with Gasteiger partial charge in [-0.05, 0) is 38.6 Å². The van der Waals surface area contributed by atoms with Gasteiger partial charge in [-0.3, -0.25) is 0 Å². The summed E-state index contributed by atoms with van der Waals surface area (Å²) >= 11 is 0. The van der Waals surface area contributed by atoms with Crippen LogP contribution in [0.1, 0.15) is 24.5 Å². The fraction of sp³-hybridized carbons (Fsp3) is 0.571. The highest BCUT2D eigenvalue weighted by molar-refractivity contribution is 5.25. The van der Waals surface area contributed by atoms with Crippen LogP contribution in [-0.4, -0.2) is 31.6 Å². The Balaban J connectivity index is 2.48. The van der Waals surface area contributed by atoms with Crippen LogP contribution in [0.15, 0.2) is 12.1 Å². The van der Waals surface area contributed by atoms with Crippen molar-refractivity contribution in [1.82, 2.24) is 10.2 Å². The molecule has 1 aromatic carbocycles. The van der Waals surface area contributed by atoms with Crippen LogP contribution in [0.3, 0.4) is 0 Å². The summed E-state index contributed by atoms with van der Waals surface area (Å²) in [7, 11) is 1.94. The van der Waals surface area contributed by atoms with Gasteiger partial charge in [0.05, 0.1) is 0 Å². The summed E-state index contributed by atoms with van der Waals surface area (Å²) in [6.45, 7) is 7.00. The molecule has 0 aliphatic heterocycles. The molecule has 0 fully saturated rings. The number of nitrogens with one attached hydrogen (secondary N) is 1. The third-order valence-electron chi connectivity index (χ3n) is 2.87. The lowest BCUT2D eigenvalue weighted by Crippen LogP contribution is -2.29. The lowest BCUT2D eigenvalue weighted by Gasteiger charge is -2.17. The molecule has 18 heavy (non-hydrogen) atoms. The normalized spacial score (nSPS) is 11.2. The number of nitrogens with zero attached hydrogens (tertiary/aromatic N) is 1. The molecule has 2 nitrogen and oxygen atoms in total. The molecule has 0 saturated carbocycles. The molecule has 0 bridgehead atoms. The predicted octanol–water partition coefficient (Wildman–Crippen LogP) is 2.70. The van der Waals surface area contributed by atoms with E-state index in [4.69, 9.17) is 0 Å². The minimum Gasteiger partial charge on any atom is -0.315 e. The van der Waals surface area contributed by atoms with Crippen molar-refractivity contribution in [3.8, 4) is 0 Å². The number of likely N-dealkylation sites (N-methyl/N-ethyl adjacent to an activating group) is 1. The first kappa shape index (κ1) is 15.1. The smallest absolute Gasteiger partial charge is 0.130 e. The van der Waals surface area contributed by atoms with Crippen LogP contribution in [0.5, 0.6) is 0 Å². The summed E-state index contributed by atoms with van der Waals surface area (Å²) in [6, 6.07) is 2.55. The Kier molecular flexibility index (Phi) is 6.22. The molecule has 0 aromatic heterocycles. The molecular weight excluding hydrogens is 234 g/mol. The molecule has 0 aliphatic carbocycles. The molecule has 102 valence electrons. The van der Waals surface area contributed by atoms with Gasteiger partial charge in [-0.2, -0.15) is 0 Å². The van der Waals surface area contributed by atoms with Crippen molar-refractivity contribution in [2.24, 2.45) is 0 Å². The first-order valence-electron chi connectivity index (χ1n) is 6.38. The summed E-state index contributed by atoms with van der Waals surface area (Å²) in [4.78, 5) is 2.03. The third-order valence-corrected chi connectivity index (χ3v) is 2.87. The quantitative estimate of drug-likeness (QED) is 0.755. The number of halogens is 2. The largest absolute Gasteiger partial charge is 0.315 e. The number of hydrogen-bond donors (Lipinski definition) is 1. The Morgan fingerprint density at radius 2 is 1.89 bits per heavy atom. The van der Waals surface area contributed by atoms with Crippen LogP contribution in [0, 0.1) is 18.6 Å². The summed E-state index contributed by atoms with van der Waals surface area (Å²) < 4.78 is 26.7. The van der Waals surface area contributed by atoms with Crippen molar-refractivity contribution in [2.45, 2.75) is 26.8 Å². The van der Waals surface area contributed by atoms with Crippen molar-refractivity contribution >= 4 is 0 Å². The van der Waals surface area contributed by atoms with Crippen molar-refractivity contribution < 1.29 is 8.78 Å². The van der Waals surface area contributed by atoms with Gasteiger partial charge in [-0.25, -0.2) is 8.78 Å². The lowest BCUT2D eigenvalue weighted by molar-refractivity contribution is 0.319. The molecule has 0 aliphatic rings. The molecule has 1 rings (SSSR count). The van der Waals surface area contributed by atoms with Crippen LogP contribution < -0.4 is 5.32 Å². The van der Waals surface area contributed by atoms with Gasteiger partial charge >= 0.3 is 0 Å². The van der Waals surface area contributed by atoms with E-state index in [1.807, 2.05) is 11.9 Å². The minimum atomic E-state index is -0.483. The summed E-state index contributed by atoms with van der Waals surface area (Å²) in [5.74, 6) is -0.949. The Hall–Kier alpha value is -1.00. The molecule has 0 atom stereocenters. The zero-order valence-corrected chi connectivity index (χ0v) is 11.4. The fourth-order valence-corrected chi connectivity index (χ4v) is 1.78. The zero-order chi connectivity index (χ0) is 13.5. The minimum absolute atomic E-state index is 0.466. The number of hydrogen-bond acceptors (Lipinski definition) is 2. The van der Waals surface area contributed by atoms with Crippen molar-refractivity contribution in [3.05, 3.63) is 34.9 Å². The van der Waals surface area contributed by atoms with Crippen LogP contribution in [-0.2, 0) is 6.54 Å². The predicted molar refractivity (Wildman–Crippen MR) is 70.6 cm³/mol. The van der Waals surface area contributed by atoms with E-state index in [2.05, 4.69) is 12.2 Å². The van der Waals surface area contributed by atoms with Crippen LogP contribution in [0.2, 0.25) is 0 Å². The van der Waals surface area contributed by atoms with E-state index < -0.39 is 11.6 Å². The van der Waals surface area contributed by atoms with Crippen molar-refractivity contribution in [3.63, 3.8) is 0 Å². The monoisotopic (exact) mass is 256 g/mol. The Morgan fingerprint density at radius 1 is 1.17 bits per heavy atom. The maximum absolute atomic E-state index is 13.6. The lowest BCUT2D eigenvalue weighted by atomic mass is 10.1. The molecule has 0 spiro atoms. The van der Waals surface area contributed by atoms with E-state index in [0.29, 0.717) is 17.7 Å². The van der Waals surface area contributed by atoms with Gasteiger partial charge in [0.1, 0.15) is 11.6 Å². The Labute approximate surface area is 108 Å². The molecule has 0 heterocycles. The van der Waals surface area contributed by atoms with Gasteiger partial charge in [-0.15, -0.1) is 0 Å². The highest BCUT2D eigenvalue weighted by atomic mass is 19.1. The van der Waals surface area contributed by atoms with Crippen LogP contribution >= 0.6 is 0 Å². The standard InChI is InChI=1S/C14H22F2N2/c1-4-5-17-6-7-18(3)10-12-8-11(2)13(15)9-14(12)16/h8-9,17H,4-7,10H2,1-3H3. The number of rotatable bonds is 7. The molecule has 1 N–H and O–H groups in total. The highest BCUT2D eigenvalue weighted by Gasteiger charge is 2.09. The topological polar surface area (TPSA) is 15.3 Å². The van der Waals surface area contributed by atoms with Crippen LogP contribution in [0.4, 0.5) is 8.78 Å². The van der Waals surface area contributed by atoms with Gasteiger partial charge in [0.2, 0.25) is 0 Å². The first-order chi connectivity index (χ1) is 8.54. The molecular formula is C14H22F2N2. The Morgan fingerprint density at radius 3 is 2.56 bits per heavy atom. The van der Waals surface area contributed by atoms with E-state index in [9.17, 15) is 8.78 Å². The van der Waals surface area contributed by atoms with Crippen molar-refractivity contribution in [2.75, 3.05) is 26.7 Å². The molecule has 4 heteroatoms. The highest BCUT2D eigenvalue weighted by Crippen LogP contribution is 2.15. The first-order valence-corrected chi connectivity index (χ1v) is 6.38. The second kappa shape index (κ2) is 7.44. The van der Waals surface area contributed by atoms with E-state index in [-0.39, 0.29) is 0 Å². The van der Waals surface area contributed by atoms with Gasteiger partial charge in [0, 0.05) is 31.3 Å². The number of benzene rings is 1. The average Bonchev–Trinajstić information content (AvgIpc) is 2.32. The second-order valence-electron chi connectivity index (χ2n) is 4.68.